The van der Waals surface area contributed by atoms with Crippen molar-refractivity contribution < 1.29 is 41.6 Å². The molecule has 3 heterocycles. The molecule has 0 atom stereocenters. The molecule has 0 aliphatic heterocycles. The van der Waals surface area contributed by atoms with E-state index in [4.69, 9.17) is 15.0 Å². The molecule has 0 aliphatic rings. The third kappa shape index (κ3) is 15.8. The minimum absolute atomic E-state index is 0. The third-order valence-electron chi connectivity index (χ3n) is 11.0. The SMILES string of the molecule is CCCCCCCCCCCCCCn1c(-c2cccc(-c3nc4ccccc4n3CCCCCCCCCCCCCC)n2)nc2ccccc21.[Cl-].[Cl-].[Co+2]. The van der Waals surface area contributed by atoms with Crippen LogP contribution in [0.5, 0.6) is 0 Å². The molecule has 5 aromatic rings. The van der Waals surface area contributed by atoms with Gasteiger partial charge in [0.1, 0.15) is 11.4 Å². The van der Waals surface area contributed by atoms with Crippen LogP contribution in [0, 0.1) is 0 Å². The van der Waals surface area contributed by atoms with E-state index in [-0.39, 0.29) is 41.6 Å². The van der Waals surface area contributed by atoms with Crippen LogP contribution in [0.3, 0.4) is 0 Å². The Labute approximate surface area is 356 Å². The van der Waals surface area contributed by atoms with Crippen LogP contribution in [0.2, 0.25) is 0 Å². The zero-order valence-electron chi connectivity index (χ0n) is 34.1. The summed E-state index contributed by atoms with van der Waals surface area (Å²) in [5.74, 6) is 1.93. The number of benzene rings is 2. The van der Waals surface area contributed by atoms with E-state index in [1.165, 1.54) is 165 Å². The molecule has 55 heavy (non-hydrogen) atoms. The molecule has 1 radical (unpaired) electrons. The maximum absolute atomic E-state index is 5.28. The number of imidazole rings is 2. The van der Waals surface area contributed by atoms with Gasteiger partial charge in [-0.05, 0) is 49.2 Å². The number of aryl methyl sites for hydroxylation is 2. The van der Waals surface area contributed by atoms with Crippen LogP contribution in [0.15, 0.2) is 66.7 Å². The molecule has 0 bridgehead atoms. The summed E-state index contributed by atoms with van der Waals surface area (Å²) in [6, 6.07) is 23.5. The smallest absolute Gasteiger partial charge is 1.00 e. The van der Waals surface area contributed by atoms with Gasteiger partial charge in [0.15, 0.2) is 11.6 Å². The van der Waals surface area contributed by atoms with Gasteiger partial charge in [-0.15, -0.1) is 0 Å². The first-order valence-corrected chi connectivity index (χ1v) is 21.7. The van der Waals surface area contributed by atoms with E-state index < -0.39 is 0 Å². The van der Waals surface area contributed by atoms with Gasteiger partial charge >= 0.3 is 16.8 Å². The van der Waals surface area contributed by atoms with Gasteiger partial charge in [0, 0.05) is 13.1 Å². The van der Waals surface area contributed by atoms with Crippen LogP contribution in [0.25, 0.3) is 45.1 Å². The Morgan fingerprint density at radius 2 is 0.673 bits per heavy atom. The predicted octanol–water partition coefficient (Wildman–Crippen LogP) is 8.52. The molecule has 0 aliphatic carbocycles. The topological polar surface area (TPSA) is 48.5 Å². The van der Waals surface area contributed by atoms with Gasteiger partial charge in [0.25, 0.3) is 0 Å². The van der Waals surface area contributed by atoms with E-state index in [1.807, 2.05) is 0 Å². The quantitative estimate of drug-likeness (QED) is 0.0476. The van der Waals surface area contributed by atoms with Gasteiger partial charge in [-0.2, -0.15) is 0 Å². The summed E-state index contributed by atoms with van der Waals surface area (Å²) in [5.41, 5.74) is 6.35. The summed E-state index contributed by atoms with van der Waals surface area (Å²) >= 11 is 0. The Morgan fingerprint density at radius 1 is 0.364 bits per heavy atom. The van der Waals surface area contributed by atoms with E-state index in [2.05, 4.69) is 89.7 Å². The normalized spacial score (nSPS) is 11.1. The fourth-order valence-corrected chi connectivity index (χ4v) is 7.90. The van der Waals surface area contributed by atoms with E-state index in [1.54, 1.807) is 0 Å². The number of aromatic nitrogens is 5. The van der Waals surface area contributed by atoms with Crippen LogP contribution < -0.4 is 24.8 Å². The maximum atomic E-state index is 5.28. The molecular weight excluding hydrogens is 764 g/mol. The van der Waals surface area contributed by atoms with Crippen molar-refractivity contribution in [1.29, 1.82) is 0 Å². The van der Waals surface area contributed by atoms with Crippen molar-refractivity contribution in [2.24, 2.45) is 0 Å². The monoisotopic (exact) mass is 832 g/mol. The minimum Gasteiger partial charge on any atom is -1.00 e. The number of para-hydroxylation sites is 4. The molecule has 305 valence electrons. The summed E-state index contributed by atoms with van der Waals surface area (Å²) in [4.78, 5) is 15.6. The van der Waals surface area contributed by atoms with Crippen LogP contribution in [0.1, 0.15) is 168 Å². The van der Waals surface area contributed by atoms with Crippen LogP contribution in [-0.2, 0) is 29.9 Å². The molecule has 0 saturated carbocycles. The largest absolute Gasteiger partial charge is 2.00 e. The molecule has 0 amide bonds. The predicted molar refractivity (Wildman–Crippen MR) is 224 cm³/mol. The van der Waals surface area contributed by atoms with Gasteiger partial charge in [-0.3, -0.25) is 0 Å². The number of nitrogens with zero attached hydrogens (tertiary/aromatic N) is 5. The minimum atomic E-state index is 0. The second-order valence-electron chi connectivity index (χ2n) is 15.3. The summed E-state index contributed by atoms with van der Waals surface area (Å²) in [6.45, 7) is 6.53. The average Bonchev–Trinajstić information content (AvgIpc) is 3.74. The Balaban J connectivity index is 0.00000348. The van der Waals surface area contributed by atoms with E-state index >= 15 is 0 Å². The van der Waals surface area contributed by atoms with Crippen LogP contribution in [0.4, 0.5) is 0 Å². The fourth-order valence-electron chi connectivity index (χ4n) is 7.90. The number of hydrogen-bond acceptors (Lipinski definition) is 3. The van der Waals surface area contributed by atoms with Gasteiger partial charge < -0.3 is 33.9 Å². The molecule has 5 nitrogen and oxygen atoms in total. The molecule has 5 rings (SSSR count). The number of halogens is 2. The number of rotatable bonds is 28. The molecule has 8 heteroatoms. The molecule has 0 spiro atoms. The molecular formula is C47H69Cl2CoN5. The second kappa shape index (κ2) is 28.9. The van der Waals surface area contributed by atoms with Gasteiger partial charge in [-0.25, -0.2) is 15.0 Å². The second-order valence-corrected chi connectivity index (χ2v) is 15.3. The Hall–Kier alpha value is -2.38. The van der Waals surface area contributed by atoms with Crippen molar-refractivity contribution in [1.82, 2.24) is 24.1 Å². The summed E-state index contributed by atoms with van der Waals surface area (Å²) < 4.78 is 4.82. The summed E-state index contributed by atoms with van der Waals surface area (Å²) in [7, 11) is 0. The molecule has 3 aromatic heterocycles. The first-order chi connectivity index (χ1) is 25.8. The average molecular weight is 834 g/mol. The molecule has 0 fully saturated rings. The zero-order valence-corrected chi connectivity index (χ0v) is 36.6. The molecule has 0 saturated heterocycles. The zero-order chi connectivity index (χ0) is 36.1. The molecule has 0 N–H and O–H groups in total. The van der Waals surface area contributed by atoms with Crippen molar-refractivity contribution in [3.63, 3.8) is 0 Å². The standard InChI is InChI=1S/C47H69N5.2ClH.Co/c1-3-5-7-9-11-13-15-17-19-21-23-29-38-51-44-36-27-25-32-40(44)49-46(51)42-34-31-35-43(48-42)47-50-41-33-26-28-37-45(41)52(47)39-30-24-22-20-18-16-14-12-10-8-6-4-2;;;/h25-28,31-37H,3-24,29-30,38-39H2,1-2H3;2*1H;/q;;;+2/p-2. The van der Waals surface area contributed by atoms with Crippen molar-refractivity contribution in [3.05, 3.63) is 66.7 Å². The fraction of sp³-hybridized carbons (Fsp3) is 0.596. The number of pyridine rings is 1. The molecule has 2 aromatic carbocycles. The van der Waals surface area contributed by atoms with Crippen molar-refractivity contribution in [2.75, 3.05) is 0 Å². The third-order valence-corrected chi connectivity index (χ3v) is 11.0. The van der Waals surface area contributed by atoms with Crippen molar-refractivity contribution in [3.8, 4) is 23.0 Å². The number of unbranched alkanes of at least 4 members (excludes halogenated alkanes) is 22. The number of fused-ring (bicyclic) bond motifs is 2. The van der Waals surface area contributed by atoms with Gasteiger partial charge in [0.2, 0.25) is 0 Å². The van der Waals surface area contributed by atoms with Crippen molar-refractivity contribution >= 4 is 22.1 Å². The van der Waals surface area contributed by atoms with Crippen molar-refractivity contribution in [2.45, 2.75) is 181 Å². The number of hydrogen-bond donors (Lipinski definition) is 0. The summed E-state index contributed by atoms with van der Waals surface area (Å²) in [6.07, 6.45) is 32.6. The first-order valence-electron chi connectivity index (χ1n) is 21.7. The van der Waals surface area contributed by atoms with E-state index in [9.17, 15) is 0 Å². The van der Waals surface area contributed by atoms with E-state index in [0.29, 0.717) is 0 Å². The Morgan fingerprint density at radius 3 is 1.02 bits per heavy atom. The van der Waals surface area contributed by atoms with Gasteiger partial charge in [-0.1, -0.05) is 185 Å². The van der Waals surface area contributed by atoms with E-state index in [0.717, 1.165) is 47.2 Å². The maximum Gasteiger partial charge on any atom is 2.00 e. The summed E-state index contributed by atoms with van der Waals surface area (Å²) in [5, 5.41) is 0. The van der Waals surface area contributed by atoms with Gasteiger partial charge in [0.05, 0.1) is 22.1 Å². The molecule has 0 unspecified atom stereocenters. The Kier molecular flexibility index (Phi) is 25.6. The Bertz CT molecular complexity index is 1600. The van der Waals surface area contributed by atoms with Crippen LogP contribution in [-0.4, -0.2) is 24.1 Å². The first kappa shape index (κ1) is 48.8. The van der Waals surface area contributed by atoms with Crippen LogP contribution >= 0.6 is 0 Å².